The molecule has 0 aliphatic carbocycles. The largest absolute Gasteiger partial charge is 0.365 e. The molecule has 0 atom stereocenters. The van der Waals surface area contributed by atoms with Crippen molar-refractivity contribution in [2.75, 3.05) is 38.1 Å². The Hall–Kier alpha value is -3.12. The molecule has 1 aromatic carbocycles. The van der Waals surface area contributed by atoms with Crippen molar-refractivity contribution in [3.8, 4) is 0 Å². The van der Waals surface area contributed by atoms with E-state index in [4.69, 9.17) is 23.5 Å². The Balaban J connectivity index is 0.000000568. The number of nitrogens with zero attached hydrogens (tertiary/aromatic N) is 3. The van der Waals surface area contributed by atoms with Crippen LogP contribution in [0.15, 0.2) is 35.1 Å². The third kappa shape index (κ3) is 7.23. The first-order chi connectivity index (χ1) is 17.4. The van der Waals surface area contributed by atoms with Gasteiger partial charge >= 0.3 is 0 Å². The summed E-state index contributed by atoms with van der Waals surface area (Å²) in [4.78, 5) is 32.1. The van der Waals surface area contributed by atoms with Gasteiger partial charge in [-0.2, -0.15) is 4.39 Å². The number of aromatic nitrogens is 2. The van der Waals surface area contributed by atoms with Crippen LogP contribution in [0.3, 0.4) is 0 Å². The fourth-order valence-corrected chi connectivity index (χ4v) is 3.71. The van der Waals surface area contributed by atoms with Crippen molar-refractivity contribution in [1.82, 2.24) is 20.2 Å². The number of pyridine rings is 2. The first kappa shape index (κ1) is 28.5. The average molecular weight is 509 g/mol. The number of aromatic amines is 1. The summed E-state index contributed by atoms with van der Waals surface area (Å²) in [6, 6.07) is 6.97. The molecule has 3 aromatic rings. The van der Waals surface area contributed by atoms with Gasteiger partial charge in [-0.15, -0.1) is 0 Å². The van der Waals surface area contributed by atoms with Gasteiger partial charge in [0.2, 0.25) is 5.95 Å². The number of halogens is 4. The lowest BCUT2D eigenvalue weighted by Gasteiger charge is -2.36. The molecular formula is C23H22B3F4N5O2. The molecule has 0 bridgehead atoms. The van der Waals surface area contributed by atoms with Gasteiger partial charge in [-0.3, -0.25) is 14.5 Å². The second-order valence-electron chi connectivity index (χ2n) is 8.47. The van der Waals surface area contributed by atoms with Crippen LogP contribution in [0.1, 0.15) is 28.0 Å². The molecule has 0 amide bonds. The maximum atomic E-state index is 14.9. The predicted molar refractivity (Wildman–Crippen MR) is 136 cm³/mol. The number of hydrogen-bond acceptors (Lipinski definition) is 6. The molecule has 6 radical (unpaired) electrons. The zero-order valence-corrected chi connectivity index (χ0v) is 20.0. The van der Waals surface area contributed by atoms with Crippen LogP contribution in [0, 0.1) is 11.8 Å². The van der Waals surface area contributed by atoms with E-state index in [-0.39, 0.29) is 23.1 Å². The van der Waals surface area contributed by atoms with Crippen LogP contribution in [-0.2, 0) is 6.54 Å². The Morgan fingerprint density at radius 3 is 2.32 bits per heavy atom. The number of rotatable bonds is 6. The van der Waals surface area contributed by atoms with Crippen LogP contribution in [-0.4, -0.2) is 83.2 Å². The van der Waals surface area contributed by atoms with Crippen molar-refractivity contribution in [3.05, 3.63) is 69.3 Å². The Labute approximate surface area is 214 Å². The van der Waals surface area contributed by atoms with Gasteiger partial charge in [0, 0.05) is 43.7 Å². The molecule has 1 saturated heterocycles. The molecule has 4 rings (SSSR count). The summed E-state index contributed by atoms with van der Waals surface area (Å²) in [6.45, 7) is 2.24. The van der Waals surface area contributed by atoms with Gasteiger partial charge in [0.25, 0.3) is 12.0 Å². The minimum absolute atomic E-state index is 0.0189. The Morgan fingerprint density at radius 1 is 1.14 bits per heavy atom. The third-order valence-electron chi connectivity index (χ3n) is 5.81. The number of nitrogens with one attached hydrogen (secondary N) is 2. The van der Waals surface area contributed by atoms with Crippen molar-refractivity contribution in [2.45, 2.75) is 18.2 Å². The fraction of sp³-hybridized carbons (Fsp3) is 0.348. The van der Waals surface area contributed by atoms with Crippen molar-refractivity contribution in [1.29, 1.82) is 0 Å². The van der Waals surface area contributed by atoms with Gasteiger partial charge in [0.05, 0.1) is 40.3 Å². The van der Waals surface area contributed by atoms with Gasteiger partial charge in [0.15, 0.2) is 12.1 Å². The first-order valence-corrected chi connectivity index (χ1v) is 11.2. The molecule has 0 unspecified atom stereocenters. The summed E-state index contributed by atoms with van der Waals surface area (Å²) >= 11 is 0. The lowest BCUT2D eigenvalue weighted by Crippen LogP contribution is -2.46. The SMILES string of the molecule is O=Cc1ccc(N2CCN(Cc3ccc4cc(C(F)F)c(=O)[nH]c4c3F)CC2)c(F)n1.[B]C([B])([B])NC. The molecule has 37 heavy (non-hydrogen) atoms. The van der Waals surface area contributed by atoms with E-state index >= 15 is 0 Å². The predicted octanol–water partition coefficient (Wildman–Crippen LogP) is 1.60. The normalized spacial score (nSPS) is 14.5. The van der Waals surface area contributed by atoms with E-state index in [0.29, 0.717) is 43.7 Å². The molecule has 7 nitrogen and oxygen atoms in total. The van der Waals surface area contributed by atoms with Crippen molar-refractivity contribution in [3.63, 3.8) is 0 Å². The van der Waals surface area contributed by atoms with Gasteiger partial charge in [-0.1, -0.05) is 17.4 Å². The number of carbonyl (C=O) groups is 1. The lowest BCUT2D eigenvalue weighted by molar-refractivity contribution is 0.111. The molecule has 0 spiro atoms. The highest BCUT2D eigenvalue weighted by molar-refractivity contribution is 6.59. The van der Waals surface area contributed by atoms with E-state index in [2.05, 4.69) is 15.3 Å². The maximum absolute atomic E-state index is 14.9. The maximum Gasteiger partial charge on any atom is 0.269 e. The number of alkyl halides is 2. The molecule has 1 aliphatic rings. The van der Waals surface area contributed by atoms with Gasteiger partial charge in [-0.05, 0) is 25.2 Å². The van der Waals surface area contributed by atoms with Crippen LogP contribution < -0.4 is 15.8 Å². The zero-order chi connectivity index (χ0) is 27.3. The summed E-state index contributed by atoms with van der Waals surface area (Å²) in [6.07, 6.45) is -2.47. The molecule has 14 heteroatoms. The monoisotopic (exact) mass is 509 g/mol. The molecule has 3 heterocycles. The van der Waals surface area contributed by atoms with Crippen LogP contribution in [0.5, 0.6) is 0 Å². The van der Waals surface area contributed by atoms with Crippen LogP contribution >= 0.6 is 0 Å². The summed E-state index contributed by atoms with van der Waals surface area (Å²) in [5, 5.41) is 1.43. The fourth-order valence-electron chi connectivity index (χ4n) is 3.71. The van der Waals surface area contributed by atoms with Crippen LogP contribution in [0.4, 0.5) is 23.2 Å². The summed E-state index contributed by atoms with van der Waals surface area (Å²) in [5.41, 5.74) is -1.17. The molecule has 188 valence electrons. The second kappa shape index (κ2) is 12.0. The first-order valence-electron chi connectivity index (χ1n) is 11.2. The Morgan fingerprint density at radius 2 is 1.78 bits per heavy atom. The van der Waals surface area contributed by atoms with Crippen LogP contribution in [0.2, 0.25) is 0 Å². The Bertz CT molecular complexity index is 1310. The smallest absolute Gasteiger partial charge is 0.269 e. The number of hydrogen-bond donors (Lipinski definition) is 2. The van der Waals surface area contributed by atoms with E-state index < -0.39 is 34.6 Å². The van der Waals surface area contributed by atoms with Crippen LogP contribution in [0.25, 0.3) is 10.9 Å². The minimum Gasteiger partial charge on any atom is -0.365 e. The highest BCUT2D eigenvalue weighted by atomic mass is 19.3. The molecule has 1 aliphatic heterocycles. The molecule has 1 fully saturated rings. The van der Waals surface area contributed by atoms with Gasteiger partial charge in [0.1, 0.15) is 5.69 Å². The second-order valence-corrected chi connectivity index (χ2v) is 8.47. The average Bonchev–Trinajstić information content (AvgIpc) is 2.86. The minimum atomic E-state index is -2.94. The van der Waals surface area contributed by atoms with E-state index in [0.717, 1.165) is 6.07 Å². The summed E-state index contributed by atoms with van der Waals surface area (Å²) in [7, 11) is 16.5. The topological polar surface area (TPSA) is 81.3 Å². The highest BCUT2D eigenvalue weighted by Crippen LogP contribution is 2.25. The van der Waals surface area contributed by atoms with E-state index in [1.807, 2.05) is 4.90 Å². The number of aldehydes is 1. The summed E-state index contributed by atoms with van der Waals surface area (Å²) in [5.74, 6) is -1.37. The molecular weight excluding hydrogens is 487 g/mol. The number of piperazine rings is 1. The molecule has 2 aromatic heterocycles. The summed E-state index contributed by atoms with van der Waals surface area (Å²) < 4.78 is 54.8. The van der Waals surface area contributed by atoms with Gasteiger partial charge < -0.3 is 15.2 Å². The van der Waals surface area contributed by atoms with E-state index in [1.165, 1.54) is 24.3 Å². The quantitative estimate of drug-likeness (QED) is 0.228. The van der Waals surface area contributed by atoms with E-state index in [9.17, 15) is 27.2 Å². The van der Waals surface area contributed by atoms with E-state index in [1.54, 1.807) is 11.9 Å². The Kier molecular flexibility index (Phi) is 9.19. The molecule has 0 saturated carbocycles. The number of anilines is 1. The van der Waals surface area contributed by atoms with Crippen molar-refractivity contribution in [2.24, 2.45) is 0 Å². The zero-order valence-electron chi connectivity index (χ0n) is 20.0. The standard InChI is InChI=1S/C21H18F4N4O2.C2H4B3N/c22-17-13(2-1-12-9-15(19(23)24)21(31)27-18(12)17)10-28-5-7-29(8-6-28)16-4-3-14(11-30)26-20(16)25;1-6-2(3,4)5/h1-4,9,11,19H,5-8,10H2,(H,27,31);6H,1H3. The highest BCUT2D eigenvalue weighted by Gasteiger charge is 2.22. The molecule has 2 N–H and O–H groups in total. The van der Waals surface area contributed by atoms with Crippen molar-refractivity contribution < 1.29 is 22.4 Å². The lowest BCUT2D eigenvalue weighted by atomic mass is 9.49. The third-order valence-corrected chi connectivity index (χ3v) is 5.81. The van der Waals surface area contributed by atoms with Gasteiger partial charge in [-0.25, -0.2) is 18.2 Å². The number of carbonyl (C=O) groups excluding carboxylic acids is 1. The van der Waals surface area contributed by atoms with Crippen molar-refractivity contribution >= 4 is 46.4 Å². The number of H-pyrrole nitrogens is 1. The number of benzene rings is 1. The number of fused-ring (bicyclic) bond motifs is 1.